The van der Waals surface area contributed by atoms with Crippen LogP contribution in [0.25, 0.3) is 0 Å². The zero-order chi connectivity index (χ0) is 19.1. The largest absolute Gasteiger partial charge is 0.326 e. The Bertz CT molecular complexity index is 782. The van der Waals surface area contributed by atoms with Crippen molar-refractivity contribution in [2.45, 2.75) is 18.9 Å². The number of hydrogen-bond donors (Lipinski definition) is 1. The van der Waals surface area contributed by atoms with Crippen molar-refractivity contribution in [1.29, 1.82) is 5.26 Å². The van der Waals surface area contributed by atoms with Crippen LogP contribution in [-0.4, -0.2) is 48.9 Å². The van der Waals surface area contributed by atoms with Gasteiger partial charge in [-0.2, -0.15) is 5.26 Å². The number of nitriles is 1. The first-order chi connectivity index (χ1) is 13.2. The number of nitrogens with one attached hydrogen (secondary N) is 1. The van der Waals surface area contributed by atoms with Gasteiger partial charge in [0.2, 0.25) is 5.91 Å². The number of likely N-dealkylation sites (N-methyl/N-ethyl adjacent to an activating group) is 1. The Morgan fingerprint density at radius 1 is 1.15 bits per heavy atom. The quantitative estimate of drug-likeness (QED) is 0.857. The molecule has 0 aliphatic carbocycles. The van der Waals surface area contributed by atoms with Crippen molar-refractivity contribution in [2.24, 2.45) is 0 Å². The highest BCUT2D eigenvalue weighted by Crippen LogP contribution is 2.23. The molecule has 140 valence electrons. The molecule has 2 aromatic carbocycles. The van der Waals surface area contributed by atoms with Gasteiger partial charge in [0.25, 0.3) is 0 Å². The molecular formula is C22H26N4O. The summed E-state index contributed by atoms with van der Waals surface area (Å²) in [6.07, 6.45) is 1.34. The third kappa shape index (κ3) is 5.40. The molecule has 1 heterocycles. The van der Waals surface area contributed by atoms with E-state index >= 15 is 0 Å². The lowest BCUT2D eigenvalue weighted by molar-refractivity contribution is -0.116. The van der Waals surface area contributed by atoms with Gasteiger partial charge in [-0.05, 0) is 49.8 Å². The maximum atomic E-state index is 12.1. The van der Waals surface area contributed by atoms with Gasteiger partial charge in [-0.1, -0.05) is 30.3 Å². The molecule has 27 heavy (non-hydrogen) atoms. The van der Waals surface area contributed by atoms with E-state index in [1.807, 2.05) is 0 Å². The first-order valence-corrected chi connectivity index (χ1v) is 9.43. The third-order valence-electron chi connectivity index (χ3n) is 5.09. The van der Waals surface area contributed by atoms with Crippen LogP contribution in [0.15, 0.2) is 54.6 Å². The Hall–Kier alpha value is -2.68. The van der Waals surface area contributed by atoms with Gasteiger partial charge < -0.3 is 10.2 Å². The zero-order valence-corrected chi connectivity index (χ0v) is 15.8. The van der Waals surface area contributed by atoms with Crippen LogP contribution in [0, 0.1) is 11.3 Å². The van der Waals surface area contributed by atoms with Crippen molar-refractivity contribution in [2.75, 3.05) is 38.5 Å². The van der Waals surface area contributed by atoms with Crippen LogP contribution in [-0.2, 0) is 4.79 Å². The molecule has 0 spiro atoms. The van der Waals surface area contributed by atoms with Crippen LogP contribution in [0.2, 0.25) is 0 Å². The van der Waals surface area contributed by atoms with E-state index < -0.39 is 0 Å². The van der Waals surface area contributed by atoms with Crippen LogP contribution in [0.5, 0.6) is 0 Å². The average Bonchev–Trinajstić information content (AvgIpc) is 2.70. The first kappa shape index (κ1) is 19.1. The number of rotatable bonds is 6. The fourth-order valence-corrected chi connectivity index (χ4v) is 3.48. The molecule has 2 aromatic rings. The molecule has 0 aromatic heterocycles. The van der Waals surface area contributed by atoms with Crippen LogP contribution in [0.4, 0.5) is 5.69 Å². The lowest BCUT2D eigenvalue weighted by atomic mass is 10.0. The van der Waals surface area contributed by atoms with E-state index in [0.717, 1.165) is 38.3 Å². The molecular weight excluding hydrogens is 336 g/mol. The van der Waals surface area contributed by atoms with Crippen LogP contribution >= 0.6 is 0 Å². The van der Waals surface area contributed by atoms with Crippen molar-refractivity contribution >= 4 is 11.6 Å². The van der Waals surface area contributed by atoms with E-state index in [0.29, 0.717) is 18.0 Å². The SMILES string of the molecule is CN1CCN(CCCC(=O)Nc2ccc(C#N)cc2)C[C@@H]1c1ccccc1. The maximum absolute atomic E-state index is 12.1. The Kier molecular flexibility index (Phi) is 6.59. The highest BCUT2D eigenvalue weighted by molar-refractivity contribution is 5.90. The number of carbonyl (C=O) groups is 1. The molecule has 1 saturated heterocycles. The van der Waals surface area contributed by atoms with Crippen molar-refractivity contribution in [3.05, 3.63) is 65.7 Å². The predicted molar refractivity (Wildman–Crippen MR) is 107 cm³/mol. The Labute approximate surface area is 161 Å². The Morgan fingerprint density at radius 3 is 2.59 bits per heavy atom. The molecule has 0 unspecified atom stereocenters. The van der Waals surface area contributed by atoms with E-state index in [9.17, 15) is 4.79 Å². The number of benzene rings is 2. The van der Waals surface area contributed by atoms with Gasteiger partial charge in [-0.3, -0.25) is 9.69 Å². The van der Waals surface area contributed by atoms with Crippen LogP contribution in [0.1, 0.15) is 30.0 Å². The molecule has 1 atom stereocenters. The zero-order valence-electron chi connectivity index (χ0n) is 15.8. The summed E-state index contributed by atoms with van der Waals surface area (Å²) in [5.74, 6) is 0.0217. The topological polar surface area (TPSA) is 59.4 Å². The van der Waals surface area contributed by atoms with Gasteiger partial charge in [-0.25, -0.2) is 0 Å². The van der Waals surface area contributed by atoms with Crippen LogP contribution < -0.4 is 5.32 Å². The summed E-state index contributed by atoms with van der Waals surface area (Å²) in [6, 6.07) is 20.1. The summed E-state index contributed by atoms with van der Waals surface area (Å²) in [4.78, 5) is 17.0. The molecule has 5 heteroatoms. The fourth-order valence-electron chi connectivity index (χ4n) is 3.48. The first-order valence-electron chi connectivity index (χ1n) is 9.43. The lowest BCUT2D eigenvalue weighted by Crippen LogP contribution is -2.46. The summed E-state index contributed by atoms with van der Waals surface area (Å²) in [5, 5.41) is 11.7. The molecule has 5 nitrogen and oxygen atoms in total. The molecule has 1 aliphatic rings. The number of amides is 1. The van der Waals surface area contributed by atoms with Gasteiger partial charge in [0.1, 0.15) is 0 Å². The van der Waals surface area contributed by atoms with Crippen LogP contribution in [0.3, 0.4) is 0 Å². The molecule has 1 N–H and O–H groups in total. The van der Waals surface area contributed by atoms with E-state index in [-0.39, 0.29) is 5.91 Å². The van der Waals surface area contributed by atoms with Gasteiger partial charge in [-0.15, -0.1) is 0 Å². The predicted octanol–water partition coefficient (Wildman–Crippen LogP) is 3.27. The maximum Gasteiger partial charge on any atom is 0.224 e. The monoisotopic (exact) mass is 362 g/mol. The van der Waals surface area contributed by atoms with Gasteiger partial charge in [0.15, 0.2) is 0 Å². The molecule has 1 aliphatic heterocycles. The highest BCUT2D eigenvalue weighted by Gasteiger charge is 2.25. The minimum atomic E-state index is 0.0217. The van der Waals surface area contributed by atoms with Gasteiger partial charge in [0.05, 0.1) is 11.6 Å². The minimum Gasteiger partial charge on any atom is -0.326 e. The molecule has 0 radical (unpaired) electrons. The summed E-state index contributed by atoms with van der Waals surface area (Å²) in [6.45, 7) is 4.00. The summed E-state index contributed by atoms with van der Waals surface area (Å²) in [5.41, 5.74) is 2.68. The number of nitrogens with zero attached hydrogens (tertiary/aromatic N) is 3. The second-order valence-corrected chi connectivity index (χ2v) is 7.05. The number of piperazine rings is 1. The van der Waals surface area contributed by atoms with Crippen molar-refractivity contribution in [3.8, 4) is 6.07 Å². The second kappa shape index (κ2) is 9.31. The van der Waals surface area contributed by atoms with E-state index in [4.69, 9.17) is 5.26 Å². The number of anilines is 1. The molecule has 0 bridgehead atoms. The van der Waals surface area contributed by atoms with Gasteiger partial charge >= 0.3 is 0 Å². The molecule has 0 saturated carbocycles. The molecule has 3 rings (SSSR count). The number of hydrogen-bond acceptors (Lipinski definition) is 4. The van der Waals surface area contributed by atoms with Crippen molar-refractivity contribution < 1.29 is 4.79 Å². The summed E-state index contributed by atoms with van der Waals surface area (Å²) >= 11 is 0. The fraction of sp³-hybridized carbons (Fsp3) is 0.364. The second-order valence-electron chi connectivity index (χ2n) is 7.05. The minimum absolute atomic E-state index is 0.0217. The standard InChI is InChI=1S/C22H26N4O/c1-25-14-15-26(17-21(25)19-6-3-2-4-7-19)13-5-8-22(27)24-20-11-9-18(16-23)10-12-20/h2-4,6-7,9-12,21H,5,8,13-15,17H2,1H3,(H,24,27)/t21-/m1/s1. The normalized spacial score (nSPS) is 18.0. The van der Waals surface area contributed by atoms with Gasteiger partial charge in [0, 0.05) is 37.8 Å². The van der Waals surface area contributed by atoms with E-state index in [2.05, 4.69) is 58.6 Å². The van der Waals surface area contributed by atoms with Crippen molar-refractivity contribution in [3.63, 3.8) is 0 Å². The van der Waals surface area contributed by atoms with E-state index in [1.165, 1.54) is 5.56 Å². The summed E-state index contributed by atoms with van der Waals surface area (Å²) < 4.78 is 0. The Morgan fingerprint density at radius 2 is 1.89 bits per heavy atom. The third-order valence-corrected chi connectivity index (χ3v) is 5.09. The van der Waals surface area contributed by atoms with E-state index in [1.54, 1.807) is 24.3 Å². The molecule has 1 fully saturated rings. The lowest BCUT2D eigenvalue weighted by Gasteiger charge is -2.39. The highest BCUT2D eigenvalue weighted by atomic mass is 16.1. The van der Waals surface area contributed by atoms with Crippen molar-refractivity contribution in [1.82, 2.24) is 9.80 Å². The average molecular weight is 362 g/mol. The smallest absolute Gasteiger partial charge is 0.224 e. The number of carbonyl (C=O) groups excluding carboxylic acids is 1. The Balaban J connectivity index is 1.44. The molecule has 1 amide bonds. The summed E-state index contributed by atoms with van der Waals surface area (Å²) in [7, 11) is 2.18.